The smallest absolute Gasteiger partial charge is 0.139 e. The van der Waals surface area contributed by atoms with Crippen LogP contribution in [0.5, 0.6) is 0 Å². The molecule has 0 aliphatic heterocycles. The Balaban J connectivity index is 1.73. The van der Waals surface area contributed by atoms with Crippen LogP contribution in [0.15, 0.2) is 0 Å². The number of hydrogen-bond acceptors (Lipinski definition) is 2. The molecular formula is C25H44O2. The summed E-state index contributed by atoms with van der Waals surface area (Å²) < 4.78 is 0. The quantitative estimate of drug-likeness (QED) is 0.569. The third kappa shape index (κ3) is 3.77. The molecule has 0 heterocycles. The lowest BCUT2D eigenvalue weighted by atomic mass is 9.48. The number of ketones is 1. The van der Waals surface area contributed by atoms with Crippen molar-refractivity contribution in [1.82, 2.24) is 0 Å². The Kier molecular flexibility index (Phi) is 6.46. The van der Waals surface area contributed by atoms with Crippen molar-refractivity contribution in [2.75, 3.05) is 6.61 Å². The Morgan fingerprint density at radius 2 is 1.78 bits per heavy atom. The lowest BCUT2D eigenvalue weighted by molar-refractivity contribution is -0.147. The molecule has 0 aromatic rings. The Hall–Kier alpha value is -0.370. The largest absolute Gasteiger partial charge is 0.396 e. The Morgan fingerprint density at radius 3 is 2.44 bits per heavy atom. The summed E-state index contributed by atoms with van der Waals surface area (Å²) in [6, 6.07) is 0. The van der Waals surface area contributed by atoms with E-state index in [2.05, 4.69) is 34.6 Å². The fourth-order valence-electron chi connectivity index (χ4n) is 7.85. The monoisotopic (exact) mass is 376 g/mol. The number of rotatable bonds is 7. The highest BCUT2D eigenvalue weighted by Gasteiger charge is 2.59. The number of hydrogen-bond donors (Lipinski definition) is 1. The molecule has 3 aliphatic rings. The molecule has 0 aromatic heterocycles. The van der Waals surface area contributed by atoms with Crippen LogP contribution in [0.3, 0.4) is 0 Å². The van der Waals surface area contributed by atoms with E-state index in [4.69, 9.17) is 0 Å². The molecule has 27 heavy (non-hydrogen) atoms. The van der Waals surface area contributed by atoms with Gasteiger partial charge in [0.2, 0.25) is 0 Å². The van der Waals surface area contributed by atoms with Crippen molar-refractivity contribution >= 4 is 5.78 Å². The standard InChI is InChI=1S/C25H44O2/c1-17(2)7-6-8-18(3)20-10-11-21-19-9-12-23(27)25(5,15-16-26)22(19)13-14-24(20,21)4/h17-22,26H,6-16H2,1-5H3/t18-,19+,20-,21+,22+,24-,25-/m1/s1. The third-order valence-electron chi connectivity index (χ3n) is 9.43. The van der Waals surface area contributed by atoms with Crippen molar-refractivity contribution in [3.8, 4) is 0 Å². The van der Waals surface area contributed by atoms with E-state index >= 15 is 0 Å². The molecule has 0 aromatic carbocycles. The van der Waals surface area contributed by atoms with E-state index in [0.29, 0.717) is 29.5 Å². The normalized spacial score (nSPS) is 42.9. The van der Waals surface area contributed by atoms with Crippen molar-refractivity contribution < 1.29 is 9.90 Å². The first-order valence-corrected chi connectivity index (χ1v) is 11.9. The molecule has 0 unspecified atom stereocenters. The van der Waals surface area contributed by atoms with E-state index in [1.54, 1.807) is 0 Å². The maximum Gasteiger partial charge on any atom is 0.139 e. The van der Waals surface area contributed by atoms with Gasteiger partial charge in [0.25, 0.3) is 0 Å². The van der Waals surface area contributed by atoms with Gasteiger partial charge in [0, 0.05) is 18.4 Å². The molecule has 7 atom stereocenters. The molecule has 156 valence electrons. The average molecular weight is 377 g/mol. The lowest BCUT2D eigenvalue weighted by Gasteiger charge is -2.56. The topological polar surface area (TPSA) is 37.3 Å². The number of fused-ring (bicyclic) bond motifs is 3. The molecule has 0 radical (unpaired) electrons. The fourth-order valence-corrected chi connectivity index (χ4v) is 7.85. The highest BCUT2D eigenvalue weighted by molar-refractivity contribution is 5.85. The van der Waals surface area contributed by atoms with Crippen LogP contribution in [-0.4, -0.2) is 17.5 Å². The van der Waals surface area contributed by atoms with E-state index in [0.717, 1.165) is 36.5 Å². The summed E-state index contributed by atoms with van der Waals surface area (Å²) in [5.41, 5.74) is 0.221. The molecule has 0 saturated heterocycles. The van der Waals surface area contributed by atoms with Crippen molar-refractivity contribution in [2.24, 2.45) is 46.3 Å². The molecule has 2 nitrogen and oxygen atoms in total. The van der Waals surface area contributed by atoms with E-state index in [1.165, 1.54) is 44.9 Å². The first kappa shape index (κ1) is 21.3. The van der Waals surface area contributed by atoms with E-state index in [-0.39, 0.29) is 12.0 Å². The van der Waals surface area contributed by atoms with Crippen LogP contribution in [0.1, 0.15) is 98.8 Å². The summed E-state index contributed by atoms with van der Waals surface area (Å²) in [5.74, 6) is 4.99. The van der Waals surface area contributed by atoms with Crippen LogP contribution in [0.25, 0.3) is 0 Å². The predicted octanol–water partition coefficient (Wildman–Crippen LogP) is 6.26. The molecule has 3 saturated carbocycles. The maximum absolute atomic E-state index is 12.8. The first-order chi connectivity index (χ1) is 12.7. The van der Waals surface area contributed by atoms with Crippen LogP contribution in [-0.2, 0) is 4.79 Å². The highest BCUT2D eigenvalue weighted by atomic mass is 16.3. The summed E-state index contributed by atoms with van der Waals surface area (Å²) in [6.07, 6.45) is 11.9. The Bertz CT molecular complexity index is 526. The number of aliphatic hydroxyl groups excluding tert-OH is 1. The molecular weight excluding hydrogens is 332 g/mol. The van der Waals surface area contributed by atoms with Crippen LogP contribution >= 0.6 is 0 Å². The van der Waals surface area contributed by atoms with Crippen molar-refractivity contribution in [2.45, 2.75) is 98.8 Å². The zero-order valence-corrected chi connectivity index (χ0v) is 18.6. The second-order valence-corrected chi connectivity index (χ2v) is 11.3. The molecule has 3 fully saturated rings. The predicted molar refractivity (Wildman–Crippen MR) is 112 cm³/mol. The van der Waals surface area contributed by atoms with Gasteiger partial charge >= 0.3 is 0 Å². The second-order valence-electron chi connectivity index (χ2n) is 11.3. The molecule has 1 N–H and O–H groups in total. The minimum absolute atomic E-state index is 0.156. The molecule has 0 spiro atoms. The van der Waals surface area contributed by atoms with Gasteiger partial charge in [-0.1, -0.05) is 53.9 Å². The second kappa shape index (κ2) is 8.17. The van der Waals surface area contributed by atoms with Gasteiger partial charge < -0.3 is 5.11 Å². The minimum atomic E-state index is -0.264. The van der Waals surface area contributed by atoms with Gasteiger partial charge in [0.15, 0.2) is 0 Å². The van der Waals surface area contributed by atoms with Crippen molar-refractivity contribution in [3.63, 3.8) is 0 Å². The number of aliphatic hydroxyl groups is 1. The summed E-state index contributed by atoms with van der Waals surface area (Å²) >= 11 is 0. The molecule has 3 rings (SSSR count). The highest BCUT2D eigenvalue weighted by Crippen LogP contribution is 2.65. The Labute approximate surface area is 167 Å². The van der Waals surface area contributed by atoms with Gasteiger partial charge in [-0.15, -0.1) is 0 Å². The first-order valence-electron chi connectivity index (χ1n) is 11.9. The van der Waals surface area contributed by atoms with Crippen LogP contribution in [0.2, 0.25) is 0 Å². The summed E-state index contributed by atoms with van der Waals surface area (Å²) in [5, 5.41) is 9.61. The number of carbonyl (C=O) groups excluding carboxylic acids is 1. The zero-order valence-electron chi connectivity index (χ0n) is 18.6. The Morgan fingerprint density at radius 1 is 1.04 bits per heavy atom. The lowest BCUT2D eigenvalue weighted by Crippen LogP contribution is -2.52. The van der Waals surface area contributed by atoms with Crippen molar-refractivity contribution in [1.29, 1.82) is 0 Å². The molecule has 3 aliphatic carbocycles. The van der Waals surface area contributed by atoms with Crippen LogP contribution in [0, 0.1) is 46.3 Å². The van der Waals surface area contributed by atoms with Crippen molar-refractivity contribution in [3.05, 3.63) is 0 Å². The van der Waals surface area contributed by atoms with E-state index in [1.807, 2.05) is 0 Å². The summed E-state index contributed by atoms with van der Waals surface area (Å²) in [6.45, 7) is 12.1. The molecule has 0 amide bonds. The summed E-state index contributed by atoms with van der Waals surface area (Å²) in [4.78, 5) is 12.8. The molecule has 0 bridgehead atoms. The van der Waals surface area contributed by atoms with Gasteiger partial charge in [-0.3, -0.25) is 4.79 Å². The number of carbonyl (C=O) groups is 1. The van der Waals surface area contributed by atoms with Gasteiger partial charge in [0.1, 0.15) is 5.78 Å². The number of Topliss-reactive ketones (excluding diaryl/α,β-unsaturated/α-hetero) is 1. The van der Waals surface area contributed by atoms with Crippen LogP contribution < -0.4 is 0 Å². The summed E-state index contributed by atoms with van der Waals surface area (Å²) in [7, 11) is 0. The SMILES string of the molecule is CC(C)CCC[C@@H](C)[C@H]1CC[C@H]2[C@@H]3CCC(=O)[C@](C)(CCO)[C@H]3CC[C@]12C. The van der Waals surface area contributed by atoms with Gasteiger partial charge in [0.05, 0.1) is 0 Å². The third-order valence-corrected chi connectivity index (χ3v) is 9.43. The van der Waals surface area contributed by atoms with Gasteiger partial charge in [-0.2, -0.15) is 0 Å². The van der Waals surface area contributed by atoms with Gasteiger partial charge in [-0.05, 0) is 79.4 Å². The van der Waals surface area contributed by atoms with E-state index < -0.39 is 0 Å². The zero-order chi connectivity index (χ0) is 19.8. The van der Waals surface area contributed by atoms with Crippen LogP contribution in [0.4, 0.5) is 0 Å². The fraction of sp³-hybridized carbons (Fsp3) is 0.960. The van der Waals surface area contributed by atoms with Gasteiger partial charge in [-0.25, -0.2) is 0 Å². The minimum Gasteiger partial charge on any atom is -0.396 e. The maximum atomic E-state index is 12.8. The van der Waals surface area contributed by atoms with E-state index in [9.17, 15) is 9.90 Å². The molecule has 2 heteroatoms. The average Bonchev–Trinajstić information content (AvgIpc) is 2.95.